The van der Waals surface area contributed by atoms with Crippen LogP contribution in [-0.4, -0.2) is 33.1 Å². The summed E-state index contributed by atoms with van der Waals surface area (Å²) in [6.45, 7) is 6.23. The van der Waals surface area contributed by atoms with Crippen molar-refractivity contribution in [3.63, 3.8) is 0 Å². The topological polar surface area (TPSA) is 98.0 Å². The molecule has 0 saturated carbocycles. The summed E-state index contributed by atoms with van der Waals surface area (Å²) in [5.41, 5.74) is 0. The summed E-state index contributed by atoms with van der Waals surface area (Å²) in [5, 5.41) is 5.92. The van der Waals surface area contributed by atoms with E-state index in [-0.39, 0.29) is 12.1 Å². The molecule has 21 heavy (non-hydrogen) atoms. The Bertz CT molecular complexity index is 584. The molecule has 2 aromatic heterocycles. The van der Waals surface area contributed by atoms with Gasteiger partial charge in [-0.1, -0.05) is 6.92 Å². The van der Waals surface area contributed by atoms with E-state index < -0.39 is 0 Å². The molecule has 0 unspecified atom stereocenters. The van der Waals surface area contributed by atoms with E-state index in [1.807, 2.05) is 20.8 Å². The third-order valence-electron chi connectivity index (χ3n) is 2.53. The van der Waals surface area contributed by atoms with Crippen LogP contribution in [-0.2, 0) is 13.0 Å². The van der Waals surface area contributed by atoms with Gasteiger partial charge in [-0.3, -0.25) is 0 Å². The van der Waals surface area contributed by atoms with Gasteiger partial charge in [0.05, 0.1) is 18.8 Å². The predicted octanol–water partition coefficient (Wildman–Crippen LogP) is 1.86. The van der Waals surface area contributed by atoms with Gasteiger partial charge in [-0.25, -0.2) is 4.98 Å². The fraction of sp³-hybridized carbons (Fsp3) is 0.538. The second kappa shape index (κ2) is 6.87. The first kappa shape index (κ1) is 15.0. The van der Waals surface area contributed by atoms with E-state index in [0.29, 0.717) is 24.3 Å². The lowest BCUT2D eigenvalue weighted by Gasteiger charge is -2.10. The van der Waals surface area contributed by atoms with E-state index in [1.54, 1.807) is 13.2 Å². The van der Waals surface area contributed by atoms with Crippen LogP contribution in [0.1, 0.15) is 32.4 Å². The van der Waals surface area contributed by atoms with Crippen molar-refractivity contribution in [2.24, 2.45) is 0 Å². The number of aromatic nitrogens is 4. The van der Waals surface area contributed by atoms with Gasteiger partial charge in [0, 0.05) is 13.5 Å². The Morgan fingerprint density at radius 1 is 1.24 bits per heavy atom. The lowest BCUT2D eigenvalue weighted by atomic mass is 10.4. The first-order chi connectivity index (χ1) is 10.1. The van der Waals surface area contributed by atoms with Crippen LogP contribution in [0, 0.1) is 0 Å². The number of rotatable bonds is 7. The number of hydrogen-bond acceptors (Lipinski definition) is 8. The summed E-state index contributed by atoms with van der Waals surface area (Å²) < 4.78 is 11.0. The minimum Gasteiger partial charge on any atom is -0.461 e. The molecule has 0 radical (unpaired) electrons. The largest absolute Gasteiger partial charge is 0.461 e. The van der Waals surface area contributed by atoms with Crippen LogP contribution in [0.3, 0.4) is 0 Å². The molecule has 0 atom stereocenters. The van der Waals surface area contributed by atoms with Gasteiger partial charge in [0.15, 0.2) is 0 Å². The monoisotopic (exact) mass is 292 g/mol. The number of nitrogens with zero attached hydrogens (tertiary/aromatic N) is 4. The van der Waals surface area contributed by atoms with Crippen molar-refractivity contribution < 1.29 is 9.15 Å². The molecule has 2 heterocycles. The average molecular weight is 292 g/mol. The third-order valence-corrected chi connectivity index (χ3v) is 2.53. The molecule has 0 spiro atoms. The highest BCUT2D eigenvalue weighted by molar-refractivity contribution is 5.35. The van der Waals surface area contributed by atoms with Crippen molar-refractivity contribution in [3.05, 3.63) is 17.8 Å². The summed E-state index contributed by atoms with van der Waals surface area (Å²) in [6.07, 6.45) is 2.52. The van der Waals surface area contributed by atoms with E-state index in [0.717, 1.165) is 12.2 Å². The second-order valence-corrected chi connectivity index (χ2v) is 4.61. The van der Waals surface area contributed by atoms with Gasteiger partial charge < -0.3 is 19.8 Å². The Morgan fingerprint density at radius 2 is 2.00 bits per heavy atom. The molecular weight excluding hydrogens is 272 g/mol. The molecule has 0 amide bonds. The Labute approximate surface area is 123 Å². The zero-order valence-corrected chi connectivity index (χ0v) is 12.7. The van der Waals surface area contributed by atoms with Crippen molar-refractivity contribution in [3.8, 4) is 6.01 Å². The maximum absolute atomic E-state index is 5.51. The van der Waals surface area contributed by atoms with E-state index in [4.69, 9.17) is 9.15 Å². The summed E-state index contributed by atoms with van der Waals surface area (Å²) in [5.74, 6) is 2.28. The van der Waals surface area contributed by atoms with Gasteiger partial charge in [0.1, 0.15) is 5.76 Å². The molecule has 0 aliphatic heterocycles. The fourth-order valence-corrected chi connectivity index (χ4v) is 1.56. The number of hydrogen-bond donors (Lipinski definition) is 2. The van der Waals surface area contributed by atoms with E-state index in [1.165, 1.54) is 0 Å². The lowest BCUT2D eigenvalue weighted by Crippen LogP contribution is -2.13. The van der Waals surface area contributed by atoms with Crippen molar-refractivity contribution in [2.45, 2.75) is 39.8 Å². The minimum atomic E-state index is -0.0104. The normalized spacial score (nSPS) is 10.7. The molecule has 0 aliphatic rings. The van der Waals surface area contributed by atoms with Crippen molar-refractivity contribution in [2.75, 3.05) is 17.7 Å². The van der Waals surface area contributed by atoms with Gasteiger partial charge in [0.2, 0.25) is 17.8 Å². The Kier molecular flexibility index (Phi) is 4.91. The van der Waals surface area contributed by atoms with Crippen molar-refractivity contribution in [1.82, 2.24) is 19.9 Å². The number of oxazole rings is 1. The highest BCUT2D eigenvalue weighted by Crippen LogP contribution is 2.13. The van der Waals surface area contributed by atoms with Gasteiger partial charge in [-0.2, -0.15) is 15.0 Å². The number of ether oxygens (including phenoxy) is 1. The Morgan fingerprint density at radius 3 is 2.62 bits per heavy atom. The van der Waals surface area contributed by atoms with Crippen LogP contribution in [0.4, 0.5) is 11.9 Å². The van der Waals surface area contributed by atoms with Crippen molar-refractivity contribution >= 4 is 11.9 Å². The molecule has 2 rings (SSSR count). The maximum atomic E-state index is 5.51. The van der Waals surface area contributed by atoms with Gasteiger partial charge in [-0.15, -0.1) is 0 Å². The standard InChI is InChI=1S/C13H20N6O2/c1-5-9-6-15-10(21-9)7-16-12-17-11(14-4)18-13(19-12)20-8(2)3/h6,8H,5,7H2,1-4H3,(H2,14,16,17,18,19). The minimum absolute atomic E-state index is 0.0104. The van der Waals surface area contributed by atoms with Crippen LogP contribution in [0.25, 0.3) is 0 Å². The Hall–Kier alpha value is -2.38. The van der Waals surface area contributed by atoms with Gasteiger partial charge >= 0.3 is 6.01 Å². The number of anilines is 2. The zero-order chi connectivity index (χ0) is 15.2. The SMILES string of the molecule is CCc1cnc(CNc2nc(NC)nc(OC(C)C)n2)o1. The molecule has 8 heteroatoms. The molecule has 0 fully saturated rings. The molecule has 0 saturated heterocycles. The number of aryl methyl sites for hydroxylation is 1. The van der Waals surface area contributed by atoms with Crippen molar-refractivity contribution in [1.29, 1.82) is 0 Å². The molecule has 0 aromatic carbocycles. The summed E-state index contributed by atoms with van der Waals surface area (Å²) in [7, 11) is 1.74. The fourth-order valence-electron chi connectivity index (χ4n) is 1.56. The summed E-state index contributed by atoms with van der Waals surface area (Å²) in [6, 6.07) is 0.272. The zero-order valence-electron chi connectivity index (χ0n) is 12.7. The molecule has 0 bridgehead atoms. The predicted molar refractivity (Wildman–Crippen MR) is 78.3 cm³/mol. The van der Waals surface area contributed by atoms with E-state index in [9.17, 15) is 0 Å². The second-order valence-electron chi connectivity index (χ2n) is 4.61. The highest BCUT2D eigenvalue weighted by Gasteiger charge is 2.09. The quantitative estimate of drug-likeness (QED) is 0.798. The van der Waals surface area contributed by atoms with Crippen LogP contribution in [0.15, 0.2) is 10.6 Å². The number of nitrogens with one attached hydrogen (secondary N) is 2. The van der Waals surface area contributed by atoms with Gasteiger partial charge in [-0.05, 0) is 13.8 Å². The Balaban J connectivity index is 2.07. The van der Waals surface area contributed by atoms with E-state index >= 15 is 0 Å². The van der Waals surface area contributed by atoms with Crippen LogP contribution in [0.5, 0.6) is 6.01 Å². The smallest absolute Gasteiger partial charge is 0.323 e. The first-order valence-electron chi connectivity index (χ1n) is 6.88. The molecule has 0 aliphatic carbocycles. The highest BCUT2D eigenvalue weighted by atomic mass is 16.5. The van der Waals surface area contributed by atoms with E-state index in [2.05, 4.69) is 30.6 Å². The molecule has 8 nitrogen and oxygen atoms in total. The summed E-state index contributed by atoms with van der Waals surface area (Å²) in [4.78, 5) is 16.7. The third kappa shape index (κ3) is 4.30. The summed E-state index contributed by atoms with van der Waals surface area (Å²) >= 11 is 0. The van der Waals surface area contributed by atoms with Crippen LogP contribution >= 0.6 is 0 Å². The lowest BCUT2D eigenvalue weighted by molar-refractivity contribution is 0.222. The maximum Gasteiger partial charge on any atom is 0.323 e. The molecule has 114 valence electrons. The molecular formula is C13H20N6O2. The molecule has 2 N–H and O–H groups in total. The van der Waals surface area contributed by atoms with Crippen LogP contribution in [0.2, 0.25) is 0 Å². The average Bonchev–Trinajstić information content (AvgIpc) is 2.92. The van der Waals surface area contributed by atoms with Gasteiger partial charge in [0.25, 0.3) is 0 Å². The molecule has 2 aromatic rings. The first-order valence-corrected chi connectivity index (χ1v) is 6.88. The van der Waals surface area contributed by atoms with Crippen LogP contribution < -0.4 is 15.4 Å².